The van der Waals surface area contributed by atoms with Gasteiger partial charge in [-0.05, 0) is 30.3 Å². The van der Waals surface area contributed by atoms with Gasteiger partial charge in [0.2, 0.25) is 5.76 Å². The minimum atomic E-state index is -1.18. The molecular weight excluding hydrogens is 253 g/mol. The van der Waals surface area contributed by atoms with E-state index < -0.39 is 11.8 Å². The number of carboxylic acids is 1. The van der Waals surface area contributed by atoms with Gasteiger partial charge >= 0.3 is 5.97 Å². The molecule has 1 aromatic carbocycles. The molecule has 0 spiro atoms. The molecule has 0 aliphatic carbocycles. The number of benzene rings is 1. The number of hydrogen-bond donors (Lipinski definition) is 1. The van der Waals surface area contributed by atoms with Crippen LogP contribution >= 0.6 is 0 Å². The van der Waals surface area contributed by atoms with Gasteiger partial charge in [0.05, 0.1) is 11.6 Å². The van der Waals surface area contributed by atoms with Crippen LogP contribution in [0.2, 0.25) is 0 Å². The SMILES string of the molecule is N#Cc1ccc(OCc2ccc(C(=O)O)o2)c(F)c1. The third-order valence-electron chi connectivity index (χ3n) is 2.30. The lowest BCUT2D eigenvalue weighted by molar-refractivity contribution is 0.0658. The van der Waals surface area contributed by atoms with E-state index in [1.807, 2.05) is 0 Å². The smallest absolute Gasteiger partial charge is 0.371 e. The number of ether oxygens (including phenoxy) is 1. The Balaban J connectivity index is 2.06. The molecular formula is C13H8FNO4. The quantitative estimate of drug-likeness (QED) is 0.914. The molecule has 0 saturated carbocycles. The summed E-state index contributed by atoms with van der Waals surface area (Å²) in [5, 5.41) is 17.2. The first-order valence-electron chi connectivity index (χ1n) is 5.24. The van der Waals surface area contributed by atoms with E-state index in [1.54, 1.807) is 6.07 Å². The van der Waals surface area contributed by atoms with Gasteiger partial charge in [0.1, 0.15) is 12.4 Å². The first-order chi connectivity index (χ1) is 9.10. The number of nitrogens with zero attached hydrogens (tertiary/aromatic N) is 1. The Morgan fingerprint density at radius 3 is 2.79 bits per heavy atom. The van der Waals surface area contributed by atoms with Crippen molar-refractivity contribution >= 4 is 5.97 Å². The van der Waals surface area contributed by atoms with Crippen LogP contribution in [0.15, 0.2) is 34.7 Å². The lowest BCUT2D eigenvalue weighted by atomic mass is 10.2. The van der Waals surface area contributed by atoms with Crippen LogP contribution in [0.25, 0.3) is 0 Å². The third-order valence-corrected chi connectivity index (χ3v) is 2.30. The molecule has 0 atom stereocenters. The van der Waals surface area contributed by atoms with Crippen LogP contribution in [-0.4, -0.2) is 11.1 Å². The molecule has 1 aromatic heterocycles. The van der Waals surface area contributed by atoms with Crippen LogP contribution in [0.3, 0.4) is 0 Å². The largest absolute Gasteiger partial charge is 0.483 e. The highest BCUT2D eigenvalue weighted by molar-refractivity contribution is 5.84. The first-order valence-corrected chi connectivity index (χ1v) is 5.24. The average Bonchev–Trinajstić information content (AvgIpc) is 2.86. The number of hydrogen-bond acceptors (Lipinski definition) is 4. The zero-order valence-electron chi connectivity index (χ0n) is 9.59. The summed E-state index contributed by atoms with van der Waals surface area (Å²) in [6, 6.07) is 8.33. The van der Waals surface area contributed by atoms with Crippen molar-refractivity contribution in [1.82, 2.24) is 0 Å². The number of carbonyl (C=O) groups is 1. The molecule has 0 aliphatic heterocycles. The second-order valence-electron chi connectivity index (χ2n) is 3.62. The highest BCUT2D eigenvalue weighted by atomic mass is 19.1. The minimum Gasteiger partial charge on any atom is -0.483 e. The van der Waals surface area contributed by atoms with Gasteiger partial charge < -0.3 is 14.3 Å². The van der Waals surface area contributed by atoms with Crippen molar-refractivity contribution in [3.63, 3.8) is 0 Å². The number of halogens is 1. The number of furan rings is 1. The molecule has 96 valence electrons. The molecule has 0 aliphatic rings. The molecule has 0 bridgehead atoms. The monoisotopic (exact) mass is 261 g/mol. The van der Waals surface area contributed by atoms with E-state index in [9.17, 15) is 9.18 Å². The molecule has 0 saturated heterocycles. The second-order valence-corrected chi connectivity index (χ2v) is 3.62. The predicted molar refractivity (Wildman–Crippen MR) is 61.1 cm³/mol. The lowest BCUT2D eigenvalue weighted by Crippen LogP contribution is -1.97. The first kappa shape index (κ1) is 12.6. The van der Waals surface area contributed by atoms with E-state index in [0.29, 0.717) is 0 Å². The number of aromatic carboxylic acids is 1. The van der Waals surface area contributed by atoms with Crippen molar-refractivity contribution in [1.29, 1.82) is 5.26 Å². The fourth-order valence-electron chi connectivity index (χ4n) is 1.41. The Hall–Kier alpha value is -2.81. The molecule has 0 radical (unpaired) electrons. The van der Waals surface area contributed by atoms with Crippen molar-refractivity contribution in [3.8, 4) is 11.8 Å². The molecule has 2 aromatic rings. The number of carboxylic acid groups (broad SMARTS) is 1. The van der Waals surface area contributed by atoms with E-state index in [4.69, 9.17) is 19.5 Å². The molecule has 0 fully saturated rings. The Morgan fingerprint density at radius 1 is 1.42 bits per heavy atom. The summed E-state index contributed by atoms with van der Waals surface area (Å²) in [7, 11) is 0. The van der Waals surface area contributed by atoms with Crippen molar-refractivity contribution in [3.05, 3.63) is 53.2 Å². The second kappa shape index (κ2) is 5.23. The molecule has 1 N–H and O–H groups in total. The molecule has 0 unspecified atom stereocenters. The van der Waals surface area contributed by atoms with E-state index in [0.717, 1.165) is 6.07 Å². The minimum absolute atomic E-state index is 0.0349. The van der Waals surface area contributed by atoms with Gasteiger partial charge in [-0.25, -0.2) is 9.18 Å². The fourth-order valence-corrected chi connectivity index (χ4v) is 1.41. The van der Waals surface area contributed by atoms with Gasteiger partial charge in [-0.3, -0.25) is 0 Å². The average molecular weight is 261 g/mol. The van der Waals surface area contributed by atoms with Crippen LogP contribution in [0.1, 0.15) is 21.9 Å². The van der Waals surface area contributed by atoms with Crippen molar-refractivity contribution < 1.29 is 23.4 Å². The van der Waals surface area contributed by atoms with Gasteiger partial charge in [0, 0.05) is 0 Å². The van der Waals surface area contributed by atoms with E-state index >= 15 is 0 Å². The van der Waals surface area contributed by atoms with Crippen molar-refractivity contribution in [2.75, 3.05) is 0 Å². The Morgan fingerprint density at radius 2 is 2.21 bits per heavy atom. The maximum atomic E-state index is 13.5. The van der Waals surface area contributed by atoms with Crippen LogP contribution < -0.4 is 4.74 Å². The highest BCUT2D eigenvalue weighted by Crippen LogP contribution is 2.20. The highest BCUT2D eigenvalue weighted by Gasteiger charge is 2.10. The van der Waals surface area contributed by atoms with E-state index in [2.05, 4.69) is 0 Å². The Labute approximate surface area is 107 Å². The van der Waals surface area contributed by atoms with E-state index in [1.165, 1.54) is 24.3 Å². The fraction of sp³-hybridized carbons (Fsp3) is 0.0769. The van der Waals surface area contributed by atoms with Crippen molar-refractivity contribution in [2.24, 2.45) is 0 Å². The van der Waals surface area contributed by atoms with Crippen LogP contribution in [-0.2, 0) is 6.61 Å². The predicted octanol–water partition coefficient (Wildman–Crippen LogP) is 2.57. The van der Waals surface area contributed by atoms with Crippen LogP contribution in [0, 0.1) is 17.1 Å². The van der Waals surface area contributed by atoms with Gasteiger partial charge in [-0.15, -0.1) is 0 Å². The standard InChI is InChI=1S/C13H8FNO4/c14-10-5-8(6-15)1-3-11(10)18-7-9-2-4-12(19-9)13(16)17/h1-5H,7H2,(H,16,17). The normalized spacial score (nSPS) is 9.89. The topological polar surface area (TPSA) is 83.5 Å². The Kier molecular flexibility index (Phi) is 3.48. The van der Waals surface area contributed by atoms with Crippen molar-refractivity contribution in [2.45, 2.75) is 6.61 Å². The van der Waals surface area contributed by atoms with Crippen LogP contribution in [0.4, 0.5) is 4.39 Å². The molecule has 2 rings (SSSR count). The number of nitriles is 1. The Bertz CT molecular complexity index is 657. The molecule has 19 heavy (non-hydrogen) atoms. The summed E-state index contributed by atoms with van der Waals surface area (Å²) >= 11 is 0. The van der Waals surface area contributed by atoms with E-state index in [-0.39, 0.29) is 29.4 Å². The zero-order chi connectivity index (χ0) is 13.8. The summed E-state index contributed by atoms with van der Waals surface area (Å²) in [5.74, 6) is -1.83. The molecule has 1 heterocycles. The molecule has 6 heteroatoms. The van der Waals surface area contributed by atoms with Gasteiger partial charge in [0.15, 0.2) is 11.6 Å². The summed E-state index contributed by atoms with van der Waals surface area (Å²) < 4.78 is 23.6. The summed E-state index contributed by atoms with van der Waals surface area (Å²) in [5.41, 5.74) is 0.191. The maximum absolute atomic E-state index is 13.5. The summed E-state index contributed by atoms with van der Waals surface area (Å²) in [6.45, 7) is -0.101. The third kappa shape index (κ3) is 2.90. The summed E-state index contributed by atoms with van der Waals surface area (Å²) in [4.78, 5) is 10.6. The van der Waals surface area contributed by atoms with Crippen LogP contribution in [0.5, 0.6) is 5.75 Å². The molecule has 5 nitrogen and oxygen atoms in total. The molecule has 0 amide bonds. The maximum Gasteiger partial charge on any atom is 0.371 e. The summed E-state index contributed by atoms with van der Waals surface area (Å²) in [6.07, 6.45) is 0. The van der Waals surface area contributed by atoms with Gasteiger partial charge in [0.25, 0.3) is 0 Å². The van der Waals surface area contributed by atoms with Gasteiger partial charge in [-0.1, -0.05) is 0 Å². The number of rotatable bonds is 4. The van der Waals surface area contributed by atoms with Gasteiger partial charge in [-0.2, -0.15) is 5.26 Å². The zero-order valence-corrected chi connectivity index (χ0v) is 9.59. The lowest BCUT2D eigenvalue weighted by Gasteiger charge is -2.05.